The van der Waals surface area contributed by atoms with Gasteiger partial charge in [-0.3, -0.25) is 19.8 Å². The van der Waals surface area contributed by atoms with E-state index in [2.05, 4.69) is 0 Å². The molecule has 0 aliphatic carbocycles. The Labute approximate surface area is 263 Å². The molecule has 0 spiro atoms. The van der Waals surface area contributed by atoms with Crippen LogP contribution in [0, 0.1) is 5.41 Å². The number of benzene rings is 2. The first-order valence-electron chi connectivity index (χ1n) is 14.7. The van der Waals surface area contributed by atoms with Crippen LogP contribution in [0.5, 0.6) is 5.75 Å². The van der Waals surface area contributed by atoms with Crippen molar-refractivity contribution in [2.24, 2.45) is 5.73 Å². The zero-order valence-corrected chi connectivity index (χ0v) is 26.1. The maximum atomic E-state index is 13.7. The molecule has 0 saturated carbocycles. The molecule has 0 aliphatic rings. The second-order valence-corrected chi connectivity index (χ2v) is 9.80. The maximum absolute atomic E-state index is 13.7. The predicted octanol–water partition coefficient (Wildman–Crippen LogP) is 4.04. The Hall–Kier alpha value is -5.00. The predicted molar refractivity (Wildman–Crippen MR) is 166 cm³/mol. The molecule has 12 nitrogen and oxygen atoms in total. The van der Waals surface area contributed by atoms with E-state index in [1.165, 1.54) is 17.0 Å². The van der Waals surface area contributed by atoms with E-state index in [-0.39, 0.29) is 74.8 Å². The van der Waals surface area contributed by atoms with E-state index in [1.54, 1.807) is 70.2 Å². The van der Waals surface area contributed by atoms with Crippen molar-refractivity contribution in [2.45, 2.75) is 59.4 Å². The fourth-order valence-electron chi connectivity index (χ4n) is 4.28. The number of rotatable bonds is 17. The highest BCUT2D eigenvalue weighted by Crippen LogP contribution is 2.19. The first kappa shape index (κ1) is 36.2. The molecule has 0 saturated heterocycles. The minimum absolute atomic E-state index is 0.0234. The van der Waals surface area contributed by atoms with Crippen molar-refractivity contribution < 1.29 is 42.9 Å². The lowest BCUT2D eigenvalue weighted by Gasteiger charge is -2.30. The number of ether oxygens (including phenoxy) is 4. The third-order valence-electron chi connectivity index (χ3n) is 6.45. The molecule has 2 rings (SSSR count). The molecule has 12 heteroatoms. The minimum Gasteiger partial charge on any atom is -0.466 e. The molecule has 0 aliphatic heterocycles. The minimum atomic E-state index is -1.09. The van der Waals surface area contributed by atoms with Crippen LogP contribution in [0.3, 0.4) is 0 Å². The highest BCUT2D eigenvalue weighted by molar-refractivity contribution is 6.00. The fourth-order valence-corrected chi connectivity index (χ4v) is 4.28. The first-order chi connectivity index (χ1) is 21.5. The molecule has 242 valence electrons. The number of amides is 1. The number of nitrogen functional groups attached to an aromatic ring is 1. The van der Waals surface area contributed by atoms with Crippen LogP contribution in [0.2, 0.25) is 0 Å². The van der Waals surface area contributed by atoms with Gasteiger partial charge in [0.2, 0.25) is 5.91 Å². The topological polar surface area (TPSA) is 175 Å². The van der Waals surface area contributed by atoms with Crippen molar-refractivity contribution in [3.8, 4) is 5.75 Å². The Kier molecular flexibility index (Phi) is 15.0. The molecular formula is C33H41N3O9. The van der Waals surface area contributed by atoms with Gasteiger partial charge in [0.15, 0.2) is 0 Å². The Morgan fingerprint density at radius 1 is 0.822 bits per heavy atom. The number of amidine groups is 1. The van der Waals surface area contributed by atoms with Gasteiger partial charge in [0.25, 0.3) is 0 Å². The molecule has 2 aromatic carbocycles. The normalized spacial score (nSPS) is 11.6. The summed E-state index contributed by atoms with van der Waals surface area (Å²) in [6.45, 7) is 7.10. The lowest BCUT2D eigenvalue weighted by atomic mass is 10.0. The van der Waals surface area contributed by atoms with E-state index in [1.807, 2.05) is 0 Å². The van der Waals surface area contributed by atoms with Gasteiger partial charge >= 0.3 is 23.9 Å². The van der Waals surface area contributed by atoms with Crippen LogP contribution in [0.25, 0.3) is 6.08 Å². The smallest absolute Gasteiger partial charge is 0.343 e. The molecule has 0 heterocycles. The Balaban J connectivity index is 2.25. The summed E-state index contributed by atoms with van der Waals surface area (Å²) in [5.74, 6) is -2.50. The van der Waals surface area contributed by atoms with E-state index in [4.69, 9.17) is 30.1 Å². The van der Waals surface area contributed by atoms with Crippen molar-refractivity contribution >= 4 is 41.7 Å². The van der Waals surface area contributed by atoms with Crippen molar-refractivity contribution in [3.05, 3.63) is 70.8 Å². The summed E-state index contributed by atoms with van der Waals surface area (Å²) >= 11 is 0. The quantitative estimate of drug-likeness (QED) is 0.0653. The van der Waals surface area contributed by atoms with E-state index in [9.17, 15) is 24.0 Å². The van der Waals surface area contributed by atoms with Gasteiger partial charge < -0.3 is 29.6 Å². The molecule has 0 bridgehead atoms. The van der Waals surface area contributed by atoms with Gasteiger partial charge in [0, 0.05) is 30.5 Å². The van der Waals surface area contributed by atoms with Crippen LogP contribution in [-0.4, -0.2) is 72.9 Å². The number of carbonyl (C=O) groups is 5. The number of hydrogen-bond acceptors (Lipinski definition) is 10. The van der Waals surface area contributed by atoms with Crippen molar-refractivity contribution in [1.82, 2.24) is 4.90 Å². The molecule has 1 amide bonds. The van der Waals surface area contributed by atoms with Crippen LogP contribution >= 0.6 is 0 Å². The summed E-state index contributed by atoms with van der Waals surface area (Å²) in [5.41, 5.74) is 7.10. The van der Waals surface area contributed by atoms with Gasteiger partial charge in [-0.25, -0.2) is 9.59 Å². The summed E-state index contributed by atoms with van der Waals surface area (Å²) < 4.78 is 20.6. The summed E-state index contributed by atoms with van der Waals surface area (Å²) in [4.78, 5) is 64.7. The van der Waals surface area contributed by atoms with E-state index < -0.39 is 35.8 Å². The average Bonchev–Trinajstić information content (AvgIpc) is 3.01. The van der Waals surface area contributed by atoms with Gasteiger partial charge in [-0.15, -0.1) is 0 Å². The number of carbonyl (C=O) groups excluding carboxylic acids is 5. The molecular weight excluding hydrogens is 582 g/mol. The standard InChI is InChI=1S/C33H41N3O9/c1-5-42-28(37)9-8-20-36(27(33(41)44-7-3)18-19-29(38)43-6-2)31(39)22(4)21-23-10-12-25(13-11-23)32(40)45-26-16-14-24(15-17-26)30(34)35/h10-17,21,27H,5-9,18-20H2,1-4H3,(H3,34,35)/t27-/m0/s1. The summed E-state index contributed by atoms with van der Waals surface area (Å²) in [6, 6.07) is 11.5. The molecule has 0 fully saturated rings. The van der Waals surface area contributed by atoms with Gasteiger partial charge in [-0.2, -0.15) is 0 Å². The van der Waals surface area contributed by atoms with Crippen molar-refractivity contribution in [1.29, 1.82) is 5.41 Å². The van der Waals surface area contributed by atoms with E-state index >= 15 is 0 Å². The number of nitrogens with one attached hydrogen (secondary N) is 1. The van der Waals surface area contributed by atoms with Gasteiger partial charge in [0.1, 0.15) is 17.6 Å². The number of nitrogens with two attached hydrogens (primary N) is 1. The van der Waals surface area contributed by atoms with E-state index in [0.717, 1.165) is 0 Å². The van der Waals surface area contributed by atoms with Crippen molar-refractivity contribution in [3.63, 3.8) is 0 Å². The number of nitrogens with zero attached hydrogens (tertiary/aromatic N) is 1. The first-order valence-corrected chi connectivity index (χ1v) is 14.7. The third-order valence-corrected chi connectivity index (χ3v) is 6.45. The highest BCUT2D eigenvalue weighted by Gasteiger charge is 2.32. The summed E-state index contributed by atoms with van der Waals surface area (Å²) in [6.07, 6.45) is 1.72. The van der Waals surface area contributed by atoms with Gasteiger partial charge in [0.05, 0.1) is 25.4 Å². The Morgan fingerprint density at radius 2 is 1.38 bits per heavy atom. The molecule has 0 radical (unpaired) electrons. The monoisotopic (exact) mass is 623 g/mol. The average molecular weight is 624 g/mol. The van der Waals surface area contributed by atoms with Crippen LogP contribution in [0.4, 0.5) is 0 Å². The maximum Gasteiger partial charge on any atom is 0.343 e. The largest absolute Gasteiger partial charge is 0.466 e. The Bertz CT molecular complexity index is 1370. The molecule has 1 atom stereocenters. The van der Waals surface area contributed by atoms with Crippen LogP contribution < -0.4 is 10.5 Å². The lowest BCUT2D eigenvalue weighted by molar-refractivity contribution is -0.155. The van der Waals surface area contributed by atoms with Gasteiger partial charge in [-0.1, -0.05) is 12.1 Å². The molecule has 0 unspecified atom stereocenters. The van der Waals surface area contributed by atoms with Crippen LogP contribution in [0.15, 0.2) is 54.1 Å². The van der Waals surface area contributed by atoms with Crippen molar-refractivity contribution in [2.75, 3.05) is 26.4 Å². The SMILES string of the molecule is CCOC(=O)CCCN(C(=O)C(C)=Cc1ccc(C(=O)Oc2ccc(C(=N)N)cc2)cc1)[C@@H](CCC(=O)OCC)C(=O)OCC. The third kappa shape index (κ3) is 11.9. The van der Waals surface area contributed by atoms with Gasteiger partial charge in [-0.05, 0) is 88.6 Å². The summed E-state index contributed by atoms with van der Waals surface area (Å²) in [7, 11) is 0. The van der Waals surface area contributed by atoms with E-state index in [0.29, 0.717) is 11.1 Å². The fraction of sp³-hybridized carbons (Fsp3) is 0.394. The zero-order chi connectivity index (χ0) is 33.4. The Morgan fingerprint density at radius 3 is 1.93 bits per heavy atom. The van der Waals surface area contributed by atoms with Crippen LogP contribution in [-0.2, 0) is 33.4 Å². The number of esters is 4. The number of hydrogen-bond donors (Lipinski definition) is 2. The molecule has 2 aromatic rings. The van der Waals surface area contributed by atoms with Crippen LogP contribution in [0.1, 0.15) is 74.9 Å². The highest BCUT2D eigenvalue weighted by atomic mass is 16.5. The second-order valence-electron chi connectivity index (χ2n) is 9.80. The molecule has 3 N–H and O–H groups in total. The molecule has 0 aromatic heterocycles. The zero-order valence-electron chi connectivity index (χ0n) is 26.1. The summed E-state index contributed by atoms with van der Waals surface area (Å²) in [5, 5.41) is 7.45. The molecule has 45 heavy (non-hydrogen) atoms. The second kappa shape index (κ2) is 18.6. The lowest BCUT2D eigenvalue weighted by Crippen LogP contribution is -2.47.